The van der Waals surface area contributed by atoms with Crippen LogP contribution in [0.5, 0.6) is 0 Å². The van der Waals surface area contributed by atoms with Crippen molar-refractivity contribution in [3.8, 4) is 0 Å². The summed E-state index contributed by atoms with van der Waals surface area (Å²) in [6, 6.07) is 5.84. The van der Waals surface area contributed by atoms with Gasteiger partial charge in [-0.05, 0) is 37.8 Å². The molecule has 1 saturated carbocycles. The van der Waals surface area contributed by atoms with Gasteiger partial charge in [-0.3, -0.25) is 4.79 Å². The Kier molecular flexibility index (Phi) is 3.46. The van der Waals surface area contributed by atoms with Crippen molar-refractivity contribution < 1.29 is 10.0 Å². The van der Waals surface area contributed by atoms with Crippen LogP contribution in [0.3, 0.4) is 0 Å². The Morgan fingerprint density at radius 2 is 1.95 bits per heavy atom. The van der Waals surface area contributed by atoms with E-state index in [9.17, 15) is 4.79 Å². The third kappa shape index (κ3) is 2.16. The molecule has 1 aliphatic rings. The predicted molar refractivity (Wildman–Crippen MR) is 74.2 cm³/mol. The highest BCUT2D eigenvalue weighted by Crippen LogP contribution is 2.42. The van der Waals surface area contributed by atoms with Crippen LogP contribution in [0.1, 0.15) is 30.4 Å². The number of hydrogen-bond acceptors (Lipinski definition) is 3. The molecule has 4 N–H and O–H groups in total. The minimum atomic E-state index is -0.844. The maximum absolute atomic E-state index is 12.4. The van der Waals surface area contributed by atoms with Crippen molar-refractivity contribution in [3.63, 3.8) is 0 Å². The van der Waals surface area contributed by atoms with Crippen molar-refractivity contribution >= 4 is 17.4 Å². The average Bonchev–Trinajstić information content (AvgIpc) is 2.32. The number of oxime groups is 1. The largest absolute Gasteiger partial charge is 0.409 e. The maximum atomic E-state index is 12.4. The molecule has 0 unspecified atom stereocenters. The van der Waals surface area contributed by atoms with Crippen molar-refractivity contribution in [1.82, 2.24) is 0 Å². The van der Waals surface area contributed by atoms with Crippen molar-refractivity contribution in [2.75, 3.05) is 5.32 Å². The monoisotopic (exact) mass is 261 g/mol. The Morgan fingerprint density at radius 3 is 2.37 bits per heavy atom. The molecule has 19 heavy (non-hydrogen) atoms. The summed E-state index contributed by atoms with van der Waals surface area (Å²) in [5.41, 5.74) is 7.65. The number of rotatable bonds is 3. The maximum Gasteiger partial charge on any atom is 0.238 e. The van der Waals surface area contributed by atoms with Gasteiger partial charge in [-0.25, -0.2) is 0 Å². The van der Waals surface area contributed by atoms with E-state index in [1.54, 1.807) is 0 Å². The number of amides is 1. The highest BCUT2D eigenvalue weighted by Gasteiger charge is 2.48. The summed E-state index contributed by atoms with van der Waals surface area (Å²) in [7, 11) is 0. The summed E-state index contributed by atoms with van der Waals surface area (Å²) in [6.07, 6.45) is 2.16. The number of nitrogens with one attached hydrogen (secondary N) is 1. The molecule has 0 radical (unpaired) electrons. The normalized spacial score (nSPS) is 17.7. The van der Waals surface area contributed by atoms with Crippen LogP contribution in [0.2, 0.25) is 0 Å². The summed E-state index contributed by atoms with van der Waals surface area (Å²) in [6.45, 7) is 3.89. The molecular weight excluding hydrogens is 242 g/mol. The third-order valence-corrected chi connectivity index (χ3v) is 3.96. The second kappa shape index (κ2) is 4.91. The van der Waals surface area contributed by atoms with E-state index in [4.69, 9.17) is 10.9 Å². The first-order valence-corrected chi connectivity index (χ1v) is 6.37. The number of nitrogens with zero attached hydrogens (tertiary/aromatic N) is 1. The first kappa shape index (κ1) is 13.4. The van der Waals surface area contributed by atoms with Crippen LogP contribution in [0.15, 0.2) is 23.4 Å². The SMILES string of the molecule is Cc1cccc(C)c1NC(=O)C1(/C(N)=N/O)CCC1. The van der Waals surface area contributed by atoms with Crippen LogP contribution in [0.25, 0.3) is 0 Å². The lowest BCUT2D eigenvalue weighted by Gasteiger charge is -2.38. The second-order valence-corrected chi connectivity index (χ2v) is 5.14. The van der Waals surface area contributed by atoms with Crippen LogP contribution in [0, 0.1) is 19.3 Å². The van der Waals surface area contributed by atoms with Crippen LogP contribution in [-0.2, 0) is 4.79 Å². The number of hydrogen-bond donors (Lipinski definition) is 3. The van der Waals surface area contributed by atoms with Crippen LogP contribution >= 0.6 is 0 Å². The number of carbonyl (C=O) groups excluding carboxylic acids is 1. The Morgan fingerprint density at radius 1 is 1.37 bits per heavy atom. The third-order valence-electron chi connectivity index (χ3n) is 3.96. The fourth-order valence-corrected chi connectivity index (χ4v) is 2.47. The molecule has 1 aromatic rings. The van der Waals surface area contributed by atoms with Crippen LogP contribution in [-0.4, -0.2) is 17.0 Å². The number of aryl methyl sites for hydroxylation is 2. The van der Waals surface area contributed by atoms with E-state index in [1.165, 1.54) is 0 Å². The summed E-state index contributed by atoms with van der Waals surface area (Å²) < 4.78 is 0. The average molecular weight is 261 g/mol. The minimum Gasteiger partial charge on any atom is -0.409 e. The Hall–Kier alpha value is -2.04. The zero-order chi connectivity index (χ0) is 14.0. The van der Waals surface area contributed by atoms with Gasteiger partial charge in [0.2, 0.25) is 5.91 Å². The molecule has 1 aliphatic carbocycles. The van der Waals surface area contributed by atoms with Gasteiger partial charge in [-0.15, -0.1) is 0 Å². The standard InChI is InChI=1S/C14H19N3O2/c1-9-5-3-6-10(2)11(9)16-13(18)14(7-4-8-14)12(15)17-19/h3,5-6,19H,4,7-8H2,1-2H3,(H2,15,17)(H,16,18). The molecule has 0 aliphatic heterocycles. The summed E-state index contributed by atoms with van der Waals surface area (Å²) >= 11 is 0. The molecule has 1 fully saturated rings. The highest BCUT2D eigenvalue weighted by molar-refractivity contribution is 6.12. The molecule has 0 heterocycles. The highest BCUT2D eigenvalue weighted by atomic mass is 16.4. The van der Waals surface area contributed by atoms with E-state index in [-0.39, 0.29) is 11.7 Å². The first-order valence-electron chi connectivity index (χ1n) is 6.37. The van der Waals surface area contributed by atoms with E-state index >= 15 is 0 Å². The number of amidine groups is 1. The lowest BCUT2D eigenvalue weighted by molar-refractivity contribution is -0.125. The molecule has 1 amide bonds. The van der Waals surface area contributed by atoms with Gasteiger partial charge in [0.05, 0.1) is 0 Å². The van der Waals surface area contributed by atoms with E-state index in [0.29, 0.717) is 12.8 Å². The van der Waals surface area contributed by atoms with Crippen LogP contribution < -0.4 is 11.1 Å². The fraction of sp³-hybridized carbons (Fsp3) is 0.429. The van der Waals surface area contributed by atoms with Crippen molar-refractivity contribution in [1.29, 1.82) is 0 Å². The molecule has 0 spiro atoms. The van der Waals surface area contributed by atoms with E-state index in [1.807, 2.05) is 32.0 Å². The molecule has 0 aromatic heterocycles. The van der Waals surface area contributed by atoms with E-state index < -0.39 is 5.41 Å². The molecular formula is C14H19N3O2. The second-order valence-electron chi connectivity index (χ2n) is 5.14. The van der Waals surface area contributed by atoms with Crippen LogP contribution in [0.4, 0.5) is 5.69 Å². The summed E-state index contributed by atoms with van der Waals surface area (Å²) in [5, 5.41) is 14.8. The molecule has 1 aromatic carbocycles. The molecule has 2 rings (SSSR count). The van der Waals surface area contributed by atoms with Gasteiger partial charge in [-0.2, -0.15) is 0 Å². The minimum absolute atomic E-state index is 0.00230. The fourth-order valence-electron chi connectivity index (χ4n) is 2.47. The van der Waals surface area contributed by atoms with Gasteiger partial charge >= 0.3 is 0 Å². The molecule has 102 valence electrons. The van der Waals surface area contributed by atoms with Gasteiger partial charge in [-0.1, -0.05) is 29.8 Å². The zero-order valence-electron chi connectivity index (χ0n) is 11.2. The number of carbonyl (C=O) groups is 1. The topological polar surface area (TPSA) is 87.7 Å². The smallest absolute Gasteiger partial charge is 0.238 e. The molecule has 0 atom stereocenters. The number of para-hydroxylation sites is 1. The summed E-state index contributed by atoms with van der Waals surface area (Å²) in [5.74, 6) is -0.186. The van der Waals surface area contributed by atoms with E-state index in [0.717, 1.165) is 23.2 Å². The van der Waals surface area contributed by atoms with Crippen molar-refractivity contribution in [2.24, 2.45) is 16.3 Å². The zero-order valence-corrected chi connectivity index (χ0v) is 11.2. The molecule has 0 saturated heterocycles. The molecule has 0 bridgehead atoms. The van der Waals surface area contributed by atoms with Crippen molar-refractivity contribution in [3.05, 3.63) is 29.3 Å². The van der Waals surface area contributed by atoms with Gasteiger partial charge in [0.1, 0.15) is 5.41 Å². The van der Waals surface area contributed by atoms with Gasteiger partial charge in [0, 0.05) is 5.69 Å². The van der Waals surface area contributed by atoms with Gasteiger partial charge < -0.3 is 16.3 Å². The Bertz CT molecular complexity index is 513. The summed E-state index contributed by atoms with van der Waals surface area (Å²) in [4.78, 5) is 12.4. The number of nitrogens with two attached hydrogens (primary N) is 1. The molecule has 5 heteroatoms. The van der Waals surface area contributed by atoms with Gasteiger partial charge in [0.25, 0.3) is 0 Å². The molecule has 5 nitrogen and oxygen atoms in total. The Balaban J connectivity index is 2.26. The predicted octanol–water partition coefficient (Wildman–Crippen LogP) is 2.16. The van der Waals surface area contributed by atoms with Crippen molar-refractivity contribution in [2.45, 2.75) is 33.1 Å². The quantitative estimate of drug-likeness (QED) is 0.337. The van der Waals surface area contributed by atoms with Gasteiger partial charge in [0.15, 0.2) is 5.84 Å². The van der Waals surface area contributed by atoms with E-state index in [2.05, 4.69) is 10.5 Å². The lowest BCUT2D eigenvalue weighted by atomic mass is 9.67. The Labute approximate surface area is 112 Å². The first-order chi connectivity index (χ1) is 9.01. The lowest BCUT2D eigenvalue weighted by Crippen LogP contribution is -2.51. The number of anilines is 1. The number of benzene rings is 1.